The normalized spacial score (nSPS) is 14.4. The van der Waals surface area contributed by atoms with Crippen LogP contribution in [0, 0.1) is 11.8 Å². The Bertz CT molecular complexity index is 1200. The zero-order valence-electron chi connectivity index (χ0n) is 18.9. The van der Waals surface area contributed by atoms with Crippen molar-refractivity contribution in [3.05, 3.63) is 108 Å². The topological polar surface area (TPSA) is 77.6 Å². The molecule has 0 fully saturated rings. The van der Waals surface area contributed by atoms with Crippen molar-refractivity contribution in [1.29, 1.82) is 0 Å². The second-order valence-electron chi connectivity index (χ2n) is 8.65. The summed E-state index contributed by atoms with van der Waals surface area (Å²) in [7, 11) is 0. The van der Waals surface area contributed by atoms with E-state index in [0.717, 1.165) is 35.2 Å². The van der Waals surface area contributed by atoms with Gasteiger partial charge in [-0.15, -0.1) is 0 Å². The first-order valence-electron chi connectivity index (χ1n) is 11.4. The van der Waals surface area contributed by atoms with Gasteiger partial charge in [0.2, 0.25) is 0 Å². The van der Waals surface area contributed by atoms with Crippen LogP contribution in [0.1, 0.15) is 23.1 Å². The second kappa shape index (κ2) is 10.8. The molecule has 3 aromatic carbocycles. The number of allylic oxidation sites excluding steroid dienone is 1. The van der Waals surface area contributed by atoms with Gasteiger partial charge in [-0.25, -0.2) is 4.58 Å². The number of carbonyl (C=O) groups is 2. The van der Waals surface area contributed by atoms with Crippen molar-refractivity contribution in [2.75, 3.05) is 0 Å². The summed E-state index contributed by atoms with van der Waals surface area (Å²) >= 11 is 0. The van der Waals surface area contributed by atoms with Crippen LogP contribution in [-0.4, -0.2) is 32.9 Å². The molecule has 0 saturated carbocycles. The van der Waals surface area contributed by atoms with Crippen LogP contribution in [0.3, 0.4) is 0 Å². The minimum absolute atomic E-state index is 0.165. The van der Waals surface area contributed by atoms with Gasteiger partial charge in [0.25, 0.3) is 0 Å². The molecule has 1 aliphatic rings. The molecule has 0 amide bonds. The Morgan fingerprint density at radius 2 is 1.21 bits per heavy atom. The SMILES string of the molecule is O=C(O)[C@@H](Cc1ccccc1)[C@H](Cc1ccc(-c2ccc(C[N+]3=CCC=C3)cc2)cc1)C(=O)O. The number of hydrogen-bond acceptors (Lipinski definition) is 2. The summed E-state index contributed by atoms with van der Waals surface area (Å²) < 4.78 is 2.17. The van der Waals surface area contributed by atoms with Crippen LogP contribution in [-0.2, 0) is 29.0 Å². The largest absolute Gasteiger partial charge is 0.481 e. The average molecular weight is 455 g/mol. The van der Waals surface area contributed by atoms with Crippen LogP contribution >= 0.6 is 0 Å². The standard InChI is InChI=1S/C29H27NO4/c31-28(32)26(18-21-6-2-1-3-7-21)27(29(33)34)19-22-8-12-24(13-9-22)25-14-10-23(11-15-25)20-30-16-4-5-17-30/h1-4,6-17,26-27H,5,18-20H2,(H-,31,32,33,34)/p+1/t26-,27-/m0/s1. The van der Waals surface area contributed by atoms with E-state index < -0.39 is 23.8 Å². The molecule has 0 radical (unpaired) electrons. The Kier molecular flexibility index (Phi) is 7.33. The highest BCUT2D eigenvalue weighted by Crippen LogP contribution is 2.26. The Morgan fingerprint density at radius 1 is 0.706 bits per heavy atom. The first-order valence-corrected chi connectivity index (χ1v) is 11.4. The van der Waals surface area contributed by atoms with E-state index in [4.69, 9.17) is 0 Å². The fraction of sp³-hybridized carbons (Fsp3) is 0.207. The maximum atomic E-state index is 12.0. The van der Waals surface area contributed by atoms with Gasteiger partial charge >= 0.3 is 11.9 Å². The van der Waals surface area contributed by atoms with E-state index in [1.54, 1.807) is 0 Å². The van der Waals surface area contributed by atoms with Gasteiger partial charge in [-0.3, -0.25) is 9.59 Å². The van der Waals surface area contributed by atoms with Gasteiger partial charge in [0, 0.05) is 12.0 Å². The van der Waals surface area contributed by atoms with Gasteiger partial charge in [0.1, 0.15) is 6.21 Å². The van der Waals surface area contributed by atoms with Crippen molar-refractivity contribution in [1.82, 2.24) is 0 Å². The molecule has 0 saturated heterocycles. The van der Waals surface area contributed by atoms with Crippen LogP contribution in [0.5, 0.6) is 0 Å². The Balaban J connectivity index is 1.45. The predicted octanol–water partition coefficient (Wildman–Crippen LogP) is 5.04. The van der Waals surface area contributed by atoms with Crippen LogP contribution in [0.25, 0.3) is 11.1 Å². The quantitative estimate of drug-likeness (QED) is 0.421. The van der Waals surface area contributed by atoms with Gasteiger partial charge in [-0.1, -0.05) is 78.9 Å². The maximum Gasteiger partial charge on any atom is 0.307 e. The fourth-order valence-corrected chi connectivity index (χ4v) is 4.34. The first-order chi connectivity index (χ1) is 16.5. The second-order valence-corrected chi connectivity index (χ2v) is 8.65. The van der Waals surface area contributed by atoms with E-state index in [9.17, 15) is 19.8 Å². The van der Waals surface area contributed by atoms with Crippen LogP contribution in [0.2, 0.25) is 0 Å². The summed E-state index contributed by atoms with van der Waals surface area (Å²) in [5.41, 5.74) is 4.97. The molecular formula is C29H28NO4+. The molecule has 5 heteroatoms. The van der Waals surface area contributed by atoms with Crippen molar-refractivity contribution < 1.29 is 24.4 Å². The van der Waals surface area contributed by atoms with E-state index in [-0.39, 0.29) is 12.8 Å². The number of rotatable bonds is 10. The van der Waals surface area contributed by atoms with Gasteiger partial charge in [-0.2, -0.15) is 0 Å². The van der Waals surface area contributed by atoms with Crippen LogP contribution < -0.4 is 0 Å². The highest BCUT2D eigenvalue weighted by molar-refractivity contribution is 5.80. The van der Waals surface area contributed by atoms with Gasteiger partial charge < -0.3 is 10.2 Å². The molecule has 172 valence electrons. The van der Waals surface area contributed by atoms with E-state index in [1.165, 1.54) is 5.56 Å². The lowest BCUT2D eigenvalue weighted by Crippen LogP contribution is -2.33. The summed E-state index contributed by atoms with van der Waals surface area (Å²) in [5.74, 6) is -4.20. The molecule has 1 aliphatic heterocycles. The molecule has 34 heavy (non-hydrogen) atoms. The number of aliphatic carboxylic acids is 2. The molecular weight excluding hydrogens is 426 g/mol. The van der Waals surface area contributed by atoms with Gasteiger partial charge in [-0.05, 0) is 41.2 Å². The zero-order valence-corrected chi connectivity index (χ0v) is 18.9. The van der Waals surface area contributed by atoms with Crippen LogP contribution in [0.15, 0.2) is 91.1 Å². The molecule has 0 unspecified atom stereocenters. The fourth-order valence-electron chi connectivity index (χ4n) is 4.34. The summed E-state index contributed by atoms with van der Waals surface area (Å²) in [4.78, 5) is 24.0. The number of carboxylic acid groups (broad SMARTS) is 2. The highest BCUT2D eigenvalue weighted by Gasteiger charge is 2.34. The Morgan fingerprint density at radius 3 is 1.68 bits per heavy atom. The Labute approximate surface area is 199 Å². The lowest BCUT2D eigenvalue weighted by molar-refractivity contribution is -0.466. The molecule has 2 N–H and O–H groups in total. The van der Waals surface area contributed by atoms with Crippen molar-refractivity contribution in [3.63, 3.8) is 0 Å². The average Bonchev–Trinajstić information content (AvgIpc) is 3.36. The monoisotopic (exact) mass is 454 g/mol. The minimum atomic E-state index is -1.09. The molecule has 1 heterocycles. The smallest absolute Gasteiger partial charge is 0.307 e. The van der Waals surface area contributed by atoms with Crippen molar-refractivity contribution >= 4 is 18.2 Å². The van der Waals surface area contributed by atoms with Crippen molar-refractivity contribution in [2.45, 2.75) is 25.8 Å². The molecule has 2 atom stereocenters. The van der Waals surface area contributed by atoms with Crippen molar-refractivity contribution in [2.24, 2.45) is 11.8 Å². The summed E-state index contributed by atoms with van der Waals surface area (Å²) in [6, 6.07) is 25.3. The maximum absolute atomic E-state index is 12.0. The van der Waals surface area contributed by atoms with E-state index in [1.807, 2.05) is 54.6 Å². The molecule has 3 aromatic rings. The summed E-state index contributed by atoms with van der Waals surface area (Å²) in [5, 5.41) is 19.6. The predicted molar refractivity (Wildman–Crippen MR) is 132 cm³/mol. The third kappa shape index (κ3) is 5.87. The summed E-state index contributed by atoms with van der Waals surface area (Å²) in [6.45, 7) is 0.847. The zero-order chi connectivity index (χ0) is 23.9. The van der Waals surface area contributed by atoms with E-state index in [0.29, 0.717) is 0 Å². The minimum Gasteiger partial charge on any atom is -0.481 e. The van der Waals surface area contributed by atoms with E-state index >= 15 is 0 Å². The highest BCUT2D eigenvalue weighted by atomic mass is 16.4. The molecule has 4 rings (SSSR count). The molecule has 0 aromatic heterocycles. The molecule has 0 bridgehead atoms. The lowest BCUT2D eigenvalue weighted by Gasteiger charge is -2.21. The molecule has 5 nitrogen and oxygen atoms in total. The summed E-state index contributed by atoms with van der Waals surface area (Å²) in [6.07, 6.45) is 7.70. The first kappa shape index (κ1) is 23.2. The third-order valence-corrected chi connectivity index (χ3v) is 6.25. The number of nitrogens with zero attached hydrogens (tertiary/aromatic N) is 1. The van der Waals surface area contributed by atoms with Crippen LogP contribution in [0.4, 0.5) is 0 Å². The Hall–Kier alpha value is -3.99. The van der Waals surface area contributed by atoms with Crippen molar-refractivity contribution in [3.8, 4) is 11.1 Å². The molecule has 0 aliphatic carbocycles. The molecule has 0 spiro atoms. The number of benzene rings is 3. The number of hydrogen-bond donors (Lipinski definition) is 2. The van der Waals surface area contributed by atoms with Gasteiger partial charge in [0.05, 0.1) is 11.8 Å². The number of carboxylic acids is 2. The van der Waals surface area contributed by atoms with E-state index in [2.05, 4.69) is 47.3 Å². The lowest BCUT2D eigenvalue weighted by atomic mass is 9.82. The third-order valence-electron chi connectivity index (χ3n) is 6.25. The van der Waals surface area contributed by atoms with Gasteiger partial charge in [0.15, 0.2) is 12.7 Å².